The van der Waals surface area contributed by atoms with Crippen LogP contribution >= 0.6 is 11.6 Å². The largest absolute Gasteiger partial charge is 0.490 e. The smallest absolute Gasteiger partial charge is 0.344 e. The van der Waals surface area contributed by atoms with E-state index in [2.05, 4.69) is 0 Å². The summed E-state index contributed by atoms with van der Waals surface area (Å²) in [6, 6.07) is 13.3. The van der Waals surface area contributed by atoms with Gasteiger partial charge in [0.25, 0.3) is 0 Å². The van der Waals surface area contributed by atoms with Crippen molar-refractivity contribution in [1.82, 2.24) is 0 Å². The van der Waals surface area contributed by atoms with Crippen LogP contribution in [0.4, 0.5) is 0 Å². The molecule has 27 heavy (non-hydrogen) atoms. The van der Waals surface area contributed by atoms with Gasteiger partial charge in [-0.1, -0.05) is 11.6 Å². The van der Waals surface area contributed by atoms with Crippen molar-refractivity contribution in [1.29, 1.82) is 0 Å². The summed E-state index contributed by atoms with van der Waals surface area (Å²) in [7, 11) is 0. The number of hydrogen-bond donors (Lipinski definition) is 0. The first kappa shape index (κ1) is 18.8. The van der Waals surface area contributed by atoms with Crippen molar-refractivity contribution in [3.63, 3.8) is 0 Å². The molecule has 0 N–H and O–H groups in total. The molecule has 0 saturated heterocycles. The molecule has 0 aliphatic rings. The van der Waals surface area contributed by atoms with E-state index < -0.39 is 11.6 Å². The number of carbonyl (C=O) groups excluding carboxylic acids is 1. The molecule has 1 aromatic heterocycles. The molecule has 6 nitrogen and oxygen atoms in total. The third-order valence-corrected chi connectivity index (χ3v) is 3.96. The number of hydrogen-bond acceptors (Lipinski definition) is 6. The number of rotatable bonds is 7. The predicted octanol–water partition coefficient (Wildman–Crippen LogP) is 3.76. The lowest BCUT2D eigenvalue weighted by Gasteiger charge is -2.09. The third-order valence-electron chi connectivity index (χ3n) is 3.71. The summed E-state index contributed by atoms with van der Waals surface area (Å²) in [5.41, 5.74) is 0.785. The highest BCUT2D eigenvalue weighted by Crippen LogP contribution is 2.22. The minimum Gasteiger partial charge on any atom is -0.490 e. The lowest BCUT2D eigenvalue weighted by atomic mass is 10.1. The Bertz CT molecular complexity index is 994. The van der Waals surface area contributed by atoms with Gasteiger partial charge in [-0.2, -0.15) is 0 Å². The van der Waals surface area contributed by atoms with Gasteiger partial charge >= 0.3 is 11.6 Å². The Labute approximate surface area is 160 Å². The lowest BCUT2D eigenvalue weighted by molar-refractivity contribution is -0.146. The number of esters is 1. The summed E-state index contributed by atoms with van der Waals surface area (Å²) >= 11 is 5.79. The molecule has 0 bridgehead atoms. The number of ether oxygens (including phenoxy) is 3. The monoisotopic (exact) mass is 388 g/mol. The van der Waals surface area contributed by atoms with Crippen molar-refractivity contribution < 1.29 is 23.4 Å². The van der Waals surface area contributed by atoms with Crippen molar-refractivity contribution in [2.24, 2.45) is 0 Å². The Balaban J connectivity index is 1.45. The summed E-state index contributed by atoms with van der Waals surface area (Å²) in [5.74, 6) is 0.519. The summed E-state index contributed by atoms with van der Waals surface area (Å²) in [6.45, 7) is 1.87. The molecule has 0 fully saturated rings. The van der Waals surface area contributed by atoms with Crippen molar-refractivity contribution in [3.05, 3.63) is 69.5 Å². The molecular weight excluding hydrogens is 372 g/mol. The van der Waals surface area contributed by atoms with Crippen molar-refractivity contribution in [3.8, 4) is 11.5 Å². The van der Waals surface area contributed by atoms with Crippen molar-refractivity contribution >= 4 is 28.5 Å². The number of halogens is 1. The van der Waals surface area contributed by atoms with E-state index in [1.165, 1.54) is 6.07 Å². The van der Waals surface area contributed by atoms with E-state index in [1.807, 2.05) is 6.92 Å². The average Bonchev–Trinajstić information content (AvgIpc) is 2.64. The summed E-state index contributed by atoms with van der Waals surface area (Å²) in [4.78, 5) is 23.2. The van der Waals surface area contributed by atoms with E-state index in [1.54, 1.807) is 42.5 Å². The zero-order valence-corrected chi connectivity index (χ0v) is 15.3. The molecule has 0 amide bonds. The van der Waals surface area contributed by atoms with Gasteiger partial charge in [0.2, 0.25) is 0 Å². The molecule has 140 valence electrons. The molecule has 0 aliphatic carbocycles. The Kier molecular flexibility index (Phi) is 5.98. The molecule has 0 saturated carbocycles. The molecule has 1 heterocycles. The van der Waals surface area contributed by atoms with Gasteiger partial charge < -0.3 is 18.6 Å². The van der Waals surface area contributed by atoms with E-state index in [0.717, 1.165) is 10.9 Å². The molecule has 7 heteroatoms. The number of carbonyl (C=O) groups is 1. The first-order chi connectivity index (χ1) is 13.0. The zero-order chi connectivity index (χ0) is 19.2. The molecule has 0 unspecified atom stereocenters. The maximum Gasteiger partial charge on any atom is 0.344 e. The molecule has 3 rings (SSSR count). The van der Waals surface area contributed by atoms with Gasteiger partial charge in [-0.05, 0) is 48.9 Å². The van der Waals surface area contributed by atoms with Crippen LogP contribution in [0.5, 0.6) is 11.5 Å². The number of aryl methyl sites for hydroxylation is 1. The second-order valence-corrected chi connectivity index (χ2v) is 6.15. The van der Waals surface area contributed by atoms with Crippen molar-refractivity contribution in [2.45, 2.75) is 6.92 Å². The fourth-order valence-electron chi connectivity index (χ4n) is 2.42. The van der Waals surface area contributed by atoms with Gasteiger partial charge in [-0.3, -0.25) is 0 Å². The van der Waals surface area contributed by atoms with E-state index in [-0.39, 0.29) is 19.8 Å². The number of benzene rings is 2. The third kappa shape index (κ3) is 5.24. The van der Waals surface area contributed by atoms with Crippen molar-refractivity contribution in [2.75, 3.05) is 19.8 Å². The SMILES string of the molecule is Cc1cc(=O)oc2cc(OCC(=O)OCCOc3ccc(Cl)cc3)ccc12. The second-order valence-electron chi connectivity index (χ2n) is 5.72. The van der Waals surface area contributed by atoms with Crippen LogP contribution in [-0.2, 0) is 9.53 Å². The van der Waals surface area contributed by atoms with Gasteiger partial charge in [-0.15, -0.1) is 0 Å². The Morgan fingerprint density at radius 3 is 2.52 bits per heavy atom. The highest BCUT2D eigenvalue weighted by atomic mass is 35.5. The normalized spacial score (nSPS) is 10.6. The molecular formula is C20H17ClO6. The van der Waals surface area contributed by atoms with Crippen LogP contribution in [0, 0.1) is 6.92 Å². The zero-order valence-electron chi connectivity index (χ0n) is 14.6. The molecule has 0 atom stereocenters. The fraction of sp³-hybridized carbons (Fsp3) is 0.200. The quantitative estimate of drug-likeness (QED) is 0.348. The molecule has 0 aliphatic heterocycles. The lowest BCUT2D eigenvalue weighted by Crippen LogP contribution is -2.18. The predicted molar refractivity (Wildman–Crippen MR) is 101 cm³/mol. The van der Waals surface area contributed by atoms with E-state index in [9.17, 15) is 9.59 Å². The van der Waals surface area contributed by atoms with Crippen LogP contribution in [0.25, 0.3) is 11.0 Å². The van der Waals surface area contributed by atoms with Crippen LogP contribution in [0.2, 0.25) is 5.02 Å². The van der Waals surface area contributed by atoms with E-state index in [4.69, 9.17) is 30.2 Å². The summed E-state index contributed by atoms with van der Waals surface area (Å²) < 4.78 is 21.0. The summed E-state index contributed by atoms with van der Waals surface area (Å²) in [5, 5.41) is 1.43. The molecule has 2 aromatic carbocycles. The highest BCUT2D eigenvalue weighted by molar-refractivity contribution is 6.30. The highest BCUT2D eigenvalue weighted by Gasteiger charge is 2.07. The molecule has 0 radical (unpaired) electrons. The Morgan fingerprint density at radius 1 is 1.00 bits per heavy atom. The summed E-state index contributed by atoms with van der Waals surface area (Å²) in [6.07, 6.45) is 0. The standard InChI is InChI=1S/C20H17ClO6/c1-13-10-19(22)27-18-11-16(6-7-17(13)18)26-12-20(23)25-9-8-24-15-4-2-14(21)3-5-15/h2-7,10-11H,8-9,12H2,1H3. The first-order valence-corrected chi connectivity index (χ1v) is 8.60. The Hall–Kier alpha value is -2.99. The van der Waals surface area contributed by atoms with Gasteiger partial charge in [-0.25, -0.2) is 9.59 Å². The van der Waals surface area contributed by atoms with Gasteiger partial charge in [0.15, 0.2) is 6.61 Å². The van der Waals surface area contributed by atoms with Gasteiger partial charge in [0, 0.05) is 22.5 Å². The maximum atomic E-state index is 11.8. The minimum absolute atomic E-state index is 0.0939. The van der Waals surface area contributed by atoms with Crippen LogP contribution in [0.15, 0.2) is 57.7 Å². The Morgan fingerprint density at radius 2 is 1.74 bits per heavy atom. The van der Waals surface area contributed by atoms with E-state index >= 15 is 0 Å². The van der Waals surface area contributed by atoms with Gasteiger partial charge in [0.1, 0.15) is 30.3 Å². The first-order valence-electron chi connectivity index (χ1n) is 8.22. The number of fused-ring (bicyclic) bond motifs is 1. The maximum absolute atomic E-state index is 11.8. The fourth-order valence-corrected chi connectivity index (χ4v) is 2.55. The molecule has 3 aromatic rings. The average molecular weight is 389 g/mol. The van der Waals surface area contributed by atoms with Crippen LogP contribution in [-0.4, -0.2) is 25.8 Å². The minimum atomic E-state index is -0.527. The van der Waals surface area contributed by atoms with E-state index in [0.29, 0.717) is 22.1 Å². The second kappa shape index (κ2) is 8.60. The van der Waals surface area contributed by atoms with Gasteiger partial charge in [0.05, 0.1) is 0 Å². The van der Waals surface area contributed by atoms with Crippen LogP contribution in [0.1, 0.15) is 5.56 Å². The topological polar surface area (TPSA) is 75.0 Å². The molecule has 0 spiro atoms. The van der Waals surface area contributed by atoms with Crippen LogP contribution < -0.4 is 15.1 Å². The van der Waals surface area contributed by atoms with Crippen LogP contribution in [0.3, 0.4) is 0 Å².